The summed E-state index contributed by atoms with van der Waals surface area (Å²) >= 11 is 1.22. The maximum atomic E-state index is 12.2. The smallest absolute Gasteiger partial charge is 0.269 e. The average molecular weight is 369 g/mol. The van der Waals surface area contributed by atoms with Crippen LogP contribution in [0.3, 0.4) is 0 Å². The van der Waals surface area contributed by atoms with Crippen LogP contribution in [0.2, 0.25) is 0 Å². The minimum atomic E-state index is -0.453. The molecule has 3 rings (SSSR count). The van der Waals surface area contributed by atoms with Crippen LogP contribution in [-0.2, 0) is 4.79 Å². The highest BCUT2D eigenvalue weighted by molar-refractivity contribution is 8.18. The molecule has 8 heteroatoms. The van der Waals surface area contributed by atoms with Gasteiger partial charge in [0.1, 0.15) is 5.75 Å². The number of methoxy groups -OCH3 is 1. The average Bonchev–Trinajstić information content (AvgIpc) is 2.96. The summed E-state index contributed by atoms with van der Waals surface area (Å²) < 4.78 is 5.18. The van der Waals surface area contributed by atoms with Crippen LogP contribution in [-0.4, -0.2) is 23.1 Å². The lowest BCUT2D eigenvalue weighted by Gasteiger charge is -2.01. The Labute approximate surface area is 153 Å². The van der Waals surface area contributed by atoms with Gasteiger partial charge in [0.2, 0.25) is 0 Å². The summed E-state index contributed by atoms with van der Waals surface area (Å²) in [4.78, 5) is 27.4. The summed E-state index contributed by atoms with van der Waals surface area (Å²) in [5.74, 6) is 0.467. The highest BCUT2D eigenvalue weighted by Gasteiger charge is 2.24. The molecule has 7 nitrogen and oxygen atoms in total. The van der Waals surface area contributed by atoms with E-state index in [1.54, 1.807) is 26.2 Å². The number of rotatable bonds is 4. The van der Waals surface area contributed by atoms with E-state index in [1.165, 1.54) is 23.9 Å². The van der Waals surface area contributed by atoms with Gasteiger partial charge in [-0.3, -0.25) is 14.9 Å². The number of non-ortho nitro benzene ring substituents is 1. The van der Waals surface area contributed by atoms with Gasteiger partial charge in [-0.25, -0.2) is 4.99 Å². The molecule has 132 valence electrons. The molecule has 1 heterocycles. The van der Waals surface area contributed by atoms with Crippen molar-refractivity contribution in [1.82, 2.24) is 5.32 Å². The molecule has 1 fully saturated rings. The fourth-order valence-electron chi connectivity index (χ4n) is 2.35. The van der Waals surface area contributed by atoms with Gasteiger partial charge in [0.15, 0.2) is 5.17 Å². The molecular formula is C18H15N3O4S. The van der Waals surface area contributed by atoms with E-state index in [4.69, 9.17) is 4.74 Å². The Morgan fingerprint density at radius 3 is 2.77 bits per heavy atom. The van der Waals surface area contributed by atoms with Crippen molar-refractivity contribution in [1.29, 1.82) is 0 Å². The Bertz CT molecular complexity index is 953. The highest BCUT2D eigenvalue weighted by atomic mass is 32.2. The van der Waals surface area contributed by atoms with E-state index < -0.39 is 4.92 Å². The predicted octanol–water partition coefficient (Wildman–Crippen LogP) is 3.80. The van der Waals surface area contributed by atoms with Gasteiger partial charge in [0.05, 0.1) is 22.6 Å². The fourth-order valence-corrected chi connectivity index (χ4v) is 3.19. The van der Waals surface area contributed by atoms with Crippen LogP contribution < -0.4 is 10.1 Å². The molecule has 0 radical (unpaired) electrons. The number of carbonyl (C=O) groups excluding carboxylic acids is 1. The van der Waals surface area contributed by atoms with Crippen molar-refractivity contribution in [2.24, 2.45) is 4.99 Å². The van der Waals surface area contributed by atoms with Crippen molar-refractivity contribution in [3.8, 4) is 5.75 Å². The summed E-state index contributed by atoms with van der Waals surface area (Å²) in [6, 6.07) is 11.8. The lowest BCUT2D eigenvalue weighted by molar-refractivity contribution is -0.384. The molecule has 0 unspecified atom stereocenters. The molecule has 2 aromatic carbocycles. The molecule has 1 saturated heterocycles. The van der Waals surface area contributed by atoms with Crippen LogP contribution >= 0.6 is 11.8 Å². The number of hydrogen-bond donors (Lipinski definition) is 1. The number of amides is 1. The van der Waals surface area contributed by atoms with Crippen molar-refractivity contribution in [3.05, 3.63) is 68.6 Å². The van der Waals surface area contributed by atoms with Crippen LogP contribution in [0.1, 0.15) is 11.1 Å². The van der Waals surface area contributed by atoms with Gasteiger partial charge in [-0.05, 0) is 54.1 Å². The number of thioether (sulfide) groups is 1. The third kappa shape index (κ3) is 3.92. The van der Waals surface area contributed by atoms with E-state index in [1.807, 2.05) is 24.3 Å². The molecule has 0 spiro atoms. The first kappa shape index (κ1) is 17.7. The maximum absolute atomic E-state index is 12.2. The molecule has 0 atom stereocenters. The minimum absolute atomic E-state index is 0.00757. The Hall–Kier alpha value is -3.13. The van der Waals surface area contributed by atoms with Gasteiger partial charge in [-0.1, -0.05) is 12.1 Å². The third-order valence-electron chi connectivity index (χ3n) is 3.66. The number of amidine groups is 1. The normalized spacial score (nSPS) is 16.8. The number of carbonyl (C=O) groups is 1. The Kier molecular flexibility index (Phi) is 5.04. The van der Waals surface area contributed by atoms with Gasteiger partial charge in [0.25, 0.3) is 11.6 Å². The van der Waals surface area contributed by atoms with Gasteiger partial charge in [0, 0.05) is 12.1 Å². The zero-order valence-corrected chi connectivity index (χ0v) is 14.9. The second-order valence-corrected chi connectivity index (χ2v) is 6.52. The molecule has 1 aliphatic rings. The summed E-state index contributed by atoms with van der Waals surface area (Å²) in [6.45, 7) is 1.74. The number of benzene rings is 2. The molecule has 0 aliphatic carbocycles. The molecule has 1 amide bonds. The van der Waals surface area contributed by atoms with Gasteiger partial charge >= 0.3 is 0 Å². The number of ether oxygens (including phenoxy) is 1. The van der Waals surface area contributed by atoms with Gasteiger partial charge in [-0.2, -0.15) is 0 Å². The first-order valence-electron chi connectivity index (χ1n) is 7.65. The second-order valence-electron chi connectivity index (χ2n) is 5.49. The SMILES string of the molecule is COc1cccc(/C=C2/SC(=Nc3ccc([N+](=O)[O-])cc3C)NC2=O)c1. The highest BCUT2D eigenvalue weighted by Crippen LogP contribution is 2.30. The van der Waals surface area contributed by atoms with Crippen LogP contribution in [0.25, 0.3) is 6.08 Å². The summed E-state index contributed by atoms with van der Waals surface area (Å²) in [7, 11) is 1.58. The van der Waals surface area contributed by atoms with E-state index in [0.29, 0.717) is 27.1 Å². The van der Waals surface area contributed by atoms with Crippen LogP contribution in [0.4, 0.5) is 11.4 Å². The molecule has 1 aliphatic heterocycles. The van der Waals surface area contributed by atoms with E-state index in [0.717, 1.165) is 5.56 Å². The van der Waals surface area contributed by atoms with E-state index in [-0.39, 0.29) is 11.6 Å². The Morgan fingerprint density at radius 1 is 1.27 bits per heavy atom. The standard InChI is InChI=1S/C18H15N3O4S/c1-11-8-13(21(23)24)6-7-15(11)19-18-20-17(22)16(26-18)10-12-4-3-5-14(9-12)25-2/h3-10H,1-2H3,(H,19,20,22)/b16-10+. The lowest BCUT2D eigenvalue weighted by atomic mass is 10.2. The summed E-state index contributed by atoms with van der Waals surface area (Å²) in [5, 5.41) is 13.9. The first-order chi connectivity index (χ1) is 12.5. The summed E-state index contributed by atoms with van der Waals surface area (Å²) in [5.41, 5.74) is 2.08. The number of nitrogens with one attached hydrogen (secondary N) is 1. The molecule has 0 bridgehead atoms. The predicted molar refractivity (Wildman–Crippen MR) is 102 cm³/mol. The largest absolute Gasteiger partial charge is 0.497 e. The fraction of sp³-hybridized carbons (Fsp3) is 0.111. The van der Waals surface area contributed by atoms with Gasteiger partial charge < -0.3 is 10.1 Å². The molecule has 0 saturated carbocycles. The van der Waals surface area contributed by atoms with Crippen LogP contribution in [0.5, 0.6) is 5.75 Å². The number of aryl methyl sites for hydroxylation is 1. The number of nitro benzene ring substituents is 1. The zero-order valence-electron chi connectivity index (χ0n) is 14.1. The molecule has 26 heavy (non-hydrogen) atoms. The van der Waals surface area contributed by atoms with Crippen molar-refractivity contribution in [3.63, 3.8) is 0 Å². The third-order valence-corrected chi connectivity index (χ3v) is 4.57. The molecule has 1 N–H and O–H groups in total. The van der Waals surface area contributed by atoms with Crippen molar-refractivity contribution in [2.45, 2.75) is 6.92 Å². The monoisotopic (exact) mass is 369 g/mol. The van der Waals surface area contributed by atoms with E-state index >= 15 is 0 Å². The molecule has 0 aromatic heterocycles. The van der Waals surface area contributed by atoms with Crippen LogP contribution in [0.15, 0.2) is 52.4 Å². The first-order valence-corrected chi connectivity index (χ1v) is 8.46. The van der Waals surface area contributed by atoms with Gasteiger partial charge in [-0.15, -0.1) is 0 Å². The van der Waals surface area contributed by atoms with E-state index in [2.05, 4.69) is 10.3 Å². The van der Waals surface area contributed by atoms with Crippen molar-refractivity contribution < 1.29 is 14.5 Å². The van der Waals surface area contributed by atoms with Crippen LogP contribution in [0, 0.1) is 17.0 Å². The number of nitro groups is 1. The molecule has 2 aromatic rings. The Morgan fingerprint density at radius 2 is 2.08 bits per heavy atom. The quantitative estimate of drug-likeness (QED) is 0.502. The summed E-state index contributed by atoms with van der Waals surface area (Å²) in [6.07, 6.45) is 1.76. The zero-order chi connectivity index (χ0) is 18.7. The van der Waals surface area contributed by atoms with Crippen molar-refractivity contribution >= 4 is 40.3 Å². The number of nitrogens with zero attached hydrogens (tertiary/aromatic N) is 2. The minimum Gasteiger partial charge on any atom is -0.497 e. The second kappa shape index (κ2) is 7.40. The topological polar surface area (TPSA) is 93.8 Å². The maximum Gasteiger partial charge on any atom is 0.269 e. The molecular weight excluding hydrogens is 354 g/mol. The Balaban J connectivity index is 1.84. The number of hydrogen-bond acceptors (Lipinski definition) is 6. The van der Waals surface area contributed by atoms with Crippen molar-refractivity contribution in [2.75, 3.05) is 7.11 Å². The number of aliphatic imine (C=N–C) groups is 1. The van der Waals surface area contributed by atoms with E-state index in [9.17, 15) is 14.9 Å². The lowest BCUT2D eigenvalue weighted by Crippen LogP contribution is -2.19.